The van der Waals surface area contributed by atoms with Gasteiger partial charge in [-0.3, -0.25) is 0 Å². The van der Waals surface area contributed by atoms with Crippen LogP contribution in [0, 0.1) is 0 Å². The van der Waals surface area contributed by atoms with E-state index in [2.05, 4.69) is 10.3 Å². The lowest BCUT2D eigenvalue weighted by molar-refractivity contribution is -0.137. The van der Waals surface area contributed by atoms with Crippen molar-refractivity contribution in [2.24, 2.45) is 0 Å². The Bertz CT molecular complexity index is 927. The van der Waals surface area contributed by atoms with Gasteiger partial charge in [0.15, 0.2) is 0 Å². The molecule has 0 saturated carbocycles. The van der Waals surface area contributed by atoms with Crippen molar-refractivity contribution < 1.29 is 18.3 Å². The van der Waals surface area contributed by atoms with Crippen LogP contribution in [0.2, 0.25) is 0 Å². The van der Waals surface area contributed by atoms with E-state index in [0.29, 0.717) is 12.2 Å². The highest BCUT2D eigenvalue weighted by Gasteiger charge is 2.29. The number of anilines is 3. The summed E-state index contributed by atoms with van der Waals surface area (Å²) in [6, 6.07) is 16.2. The fraction of sp³-hybridized carbons (Fsp3) is 0.190. The lowest BCUT2D eigenvalue weighted by Gasteiger charge is -2.18. The lowest BCUT2D eigenvalue weighted by Crippen LogP contribution is -2.22. The molecular weight excluding hydrogens is 367 g/mol. The van der Waals surface area contributed by atoms with E-state index in [1.54, 1.807) is 6.20 Å². The Morgan fingerprint density at radius 3 is 2.43 bits per heavy atom. The molecule has 2 N–H and O–H groups in total. The summed E-state index contributed by atoms with van der Waals surface area (Å²) in [4.78, 5) is 6.16. The van der Waals surface area contributed by atoms with Crippen molar-refractivity contribution in [3.63, 3.8) is 0 Å². The van der Waals surface area contributed by atoms with Crippen LogP contribution in [0.4, 0.5) is 30.4 Å². The average molecular weight is 387 g/mol. The number of halogens is 3. The molecule has 3 rings (SSSR count). The van der Waals surface area contributed by atoms with Gasteiger partial charge in [-0.2, -0.15) is 13.2 Å². The van der Waals surface area contributed by atoms with Gasteiger partial charge in [-0.15, -0.1) is 0 Å². The molecule has 0 spiro atoms. The number of alkyl halides is 3. The highest BCUT2D eigenvalue weighted by Crippen LogP contribution is 2.33. The number of para-hydroxylation sites is 1. The average Bonchev–Trinajstić information content (AvgIpc) is 2.68. The molecule has 0 amide bonds. The predicted molar refractivity (Wildman–Crippen MR) is 105 cm³/mol. The molecule has 2 aromatic carbocycles. The second-order valence-corrected chi connectivity index (χ2v) is 6.29. The molecule has 28 heavy (non-hydrogen) atoms. The third kappa shape index (κ3) is 4.61. The van der Waals surface area contributed by atoms with E-state index >= 15 is 0 Å². The number of likely N-dealkylation sites (N-methyl/N-ethyl adjacent to an activating group) is 1. The van der Waals surface area contributed by atoms with Gasteiger partial charge in [0.25, 0.3) is 0 Å². The molecule has 0 atom stereocenters. The van der Waals surface area contributed by atoms with Crippen LogP contribution in [-0.2, 0) is 6.18 Å². The maximum Gasteiger partial charge on any atom is 0.416 e. The maximum atomic E-state index is 12.7. The minimum atomic E-state index is -4.36. The Balaban J connectivity index is 1.89. The van der Waals surface area contributed by atoms with Crippen molar-refractivity contribution in [1.82, 2.24) is 4.98 Å². The number of aromatic nitrogens is 1. The monoisotopic (exact) mass is 387 g/mol. The molecule has 0 aliphatic rings. The minimum Gasteiger partial charge on any atom is -0.395 e. The van der Waals surface area contributed by atoms with Crippen molar-refractivity contribution in [3.05, 3.63) is 72.4 Å². The van der Waals surface area contributed by atoms with E-state index in [1.165, 1.54) is 12.1 Å². The van der Waals surface area contributed by atoms with E-state index < -0.39 is 11.7 Å². The van der Waals surface area contributed by atoms with Gasteiger partial charge >= 0.3 is 6.18 Å². The van der Waals surface area contributed by atoms with E-state index in [-0.39, 0.29) is 6.61 Å². The number of benzene rings is 2. The minimum absolute atomic E-state index is 0.0223. The van der Waals surface area contributed by atoms with Gasteiger partial charge in [0, 0.05) is 36.7 Å². The summed E-state index contributed by atoms with van der Waals surface area (Å²) in [5.74, 6) is 0.718. The number of nitrogens with one attached hydrogen (secondary N) is 1. The first-order valence-corrected chi connectivity index (χ1v) is 8.70. The van der Waals surface area contributed by atoms with Gasteiger partial charge in [-0.1, -0.05) is 18.2 Å². The molecule has 0 saturated heterocycles. The molecule has 3 aromatic rings. The van der Waals surface area contributed by atoms with E-state index in [9.17, 15) is 13.2 Å². The Morgan fingerprint density at radius 2 is 1.75 bits per heavy atom. The number of pyridine rings is 1. The normalized spacial score (nSPS) is 11.3. The van der Waals surface area contributed by atoms with Crippen molar-refractivity contribution >= 4 is 17.2 Å². The van der Waals surface area contributed by atoms with Crippen molar-refractivity contribution in [3.8, 4) is 11.1 Å². The Morgan fingerprint density at radius 1 is 1.04 bits per heavy atom. The molecule has 0 aliphatic heterocycles. The topological polar surface area (TPSA) is 48.4 Å². The fourth-order valence-corrected chi connectivity index (χ4v) is 2.80. The van der Waals surface area contributed by atoms with Crippen LogP contribution in [-0.4, -0.2) is 30.3 Å². The number of aliphatic hydroxyl groups is 1. The largest absolute Gasteiger partial charge is 0.416 e. The highest BCUT2D eigenvalue weighted by molar-refractivity contribution is 5.82. The summed E-state index contributed by atoms with van der Waals surface area (Å²) >= 11 is 0. The fourth-order valence-electron chi connectivity index (χ4n) is 2.80. The maximum absolute atomic E-state index is 12.7. The van der Waals surface area contributed by atoms with Crippen molar-refractivity contribution in [2.75, 3.05) is 30.4 Å². The third-order valence-corrected chi connectivity index (χ3v) is 4.30. The molecule has 0 bridgehead atoms. The molecule has 0 fully saturated rings. The number of hydrogen-bond acceptors (Lipinski definition) is 4. The first kappa shape index (κ1) is 19.7. The van der Waals surface area contributed by atoms with E-state index in [0.717, 1.165) is 34.8 Å². The Labute approximate surface area is 161 Å². The summed E-state index contributed by atoms with van der Waals surface area (Å²) in [7, 11) is 1.84. The Hall–Kier alpha value is -3.06. The summed E-state index contributed by atoms with van der Waals surface area (Å²) in [6.07, 6.45) is -2.67. The molecule has 1 heterocycles. The number of nitrogens with zero attached hydrogens (tertiary/aromatic N) is 2. The molecule has 0 aliphatic carbocycles. The van der Waals surface area contributed by atoms with E-state index in [1.807, 2.05) is 48.3 Å². The van der Waals surface area contributed by atoms with Crippen LogP contribution in [0.5, 0.6) is 0 Å². The number of aliphatic hydroxyl groups excluding tert-OH is 1. The third-order valence-electron chi connectivity index (χ3n) is 4.30. The van der Waals surface area contributed by atoms with Crippen LogP contribution >= 0.6 is 0 Å². The quantitative estimate of drug-likeness (QED) is 0.629. The zero-order valence-corrected chi connectivity index (χ0v) is 15.2. The first-order valence-electron chi connectivity index (χ1n) is 8.70. The molecular formula is C21H20F3N3O. The summed E-state index contributed by atoms with van der Waals surface area (Å²) in [6.45, 7) is 0.483. The predicted octanol–water partition coefficient (Wildman–Crippen LogP) is 4.94. The van der Waals surface area contributed by atoms with Crippen LogP contribution in [0.25, 0.3) is 11.1 Å². The number of rotatable bonds is 6. The summed E-state index contributed by atoms with van der Waals surface area (Å²) < 4.78 is 38.2. The molecule has 0 unspecified atom stereocenters. The summed E-state index contributed by atoms with van der Waals surface area (Å²) in [5.41, 5.74) is 2.45. The standard InChI is InChI=1S/C21H20F3N3O/c1-27(12-13-28)20-14-15(10-11-25-20)18-4-2-3-5-19(18)26-17-8-6-16(7-9-17)21(22,23)24/h2-11,14,26,28H,12-13H2,1H3. The second-order valence-electron chi connectivity index (χ2n) is 6.29. The molecule has 7 heteroatoms. The molecule has 1 aromatic heterocycles. The van der Waals surface area contributed by atoms with Crippen molar-refractivity contribution in [1.29, 1.82) is 0 Å². The second kappa shape index (κ2) is 8.31. The van der Waals surface area contributed by atoms with Gasteiger partial charge in [-0.05, 0) is 48.0 Å². The zero-order valence-electron chi connectivity index (χ0n) is 15.2. The first-order chi connectivity index (χ1) is 13.4. The highest BCUT2D eigenvalue weighted by atomic mass is 19.4. The molecule has 146 valence electrons. The molecule has 4 nitrogen and oxygen atoms in total. The van der Waals surface area contributed by atoms with Gasteiger partial charge in [0.05, 0.1) is 12.2 Å². The Kier molecular flexibility index (Phi) is 5.84. The van der Waals surface area contributed by atoms with Gasteiger partial charge in [-0.25, -0.2) is 4.98 Å². The zero-order chi connectivity index (χ0) is 20.1. The van der Waals surface area contributed by atoms with Gasteiger partial charge < -0.3 is 15.3 Å². The smallest absolute Gasteiger partial charge is 0.395 e. The lowest BCUT2D eigenvalue weighted by atomic mass is 10.0. The van der Waals surface area contributed by atoms with Gasteiger partial charge in [0.1, 0.15) is 5.82 Å². The van der Waals surface area contributed by atoms with Crippen molar-refractivity contribution in [2.45, 2.75) is 6.18 Å². The SMILES string of the molecule is CN(CCO)c1cc(-c2ccccc2Nc2ccc(C(F)(F)F)cc2)ccn1. The van der Waals surface area contributed by atoms with Gasteiger partial charge in [0.2, 0.25) is 0 Å². The van der Waals surface area contributed by atoms with Crippen LogP contribution in [0.15, 0.2) is 66.9 Å². The van der Waals surface area contributed by atoms with Crippen LogP contribution in [0.1, 0.15) is 5.56 Å². The van der Waals surface area contributed by atoms with E-state index in [4.69, 9.17) is 5.11 Å². The molecule has 0 radical (unpaired) electrons. The summed E-state index contributed by atoms with van der Waals surface area (Å²) in [5, 5.41) is 12.3. The number of hydrogen-bond donors (Lipinski definition) is 2. The van der Waals surface area contributed by atoms with Crippen LogP contribution < -0.4 is 10.2 Å². The van der Waals surface area contributed by atoms with Crippen LogP contribution in [0.3, 0.4) is 0 Å².